The van der Waals surface area contributed by atoms with E-state index in [1.54, 1.807) is 31.2 Å². The van der Waals surface area contributed by atoms with Crippen molar-refractivity contribution in [1.82, 2.24) is 5.32 Å². The zero-order chi connectivity index (χ0) is 16.7. The van der Waals surface area contributed by atoms with Crippen molar-refractivity contribution in [2.75, 3.05) is 6.54 Å². The van der Waals surface area contributed by atoms with Gasteiger partial charge in [0.2, 0.25) is 0 Å². The smallest absolute Gasteiger partial charge is 0.306 e. The number of carbonyl (C=O) groups is 2. The first kappa shape index (κ1) is 16.7. The molecule has 122 valence electrons. The highest BCUT2D eigenvalue weighted by Gasteiger charge is 2.13. The summed E-state index contributed by atoms with van der Waals surface area (Å²) in [7, 11) is 0. The molecule has 0 fully saturated rings. The number of rotatable bonds is 7. The van der Waals surface area contributed by atoms with Crippen molar-refractivity contribution >= 4 is 11.9 Å². The zero-order valence-corrected chi connectivity index (χ0v) is 12.8. The molecule has 0 saturated carbocycles. The molecule has 1 aromatic heterocycles. The molecule has 2 aromatic rings. The van der Waals surface area contributed by atoms with E-state index in [1.807, 2.05) is 0 Å². The summed E-state index contributed by atoms with van der Waals surface area (Å²) in [5, 5.41) is 2.64. The van der Waals surface area contributed by atoms with Crippen LogP contribution in [0, 0.1) is 5.82 Å². The molecular weight excluding hydrogens is 301 g/mol. The van der Waals surface area contributed by atoms with Crippen molar-refractivity contribution in [3.8, 4) is 0 Å². The molecule has 0 aliphatic heterocycles. The predicted molar refractivity (Wildman–Crippen MR) is 81.2 cm³/mol. The Bertz CT molecular complexity index is 654. The molecule has 0 aliphatic carbocycles. The third-order valence-corrected chi connectivity index (χ3v) is 3.21. The normalized spacial score (nSPS) is 11.7. The number of amides is 1. The summed E-state index contributed by atoms with van der Waals surface area (Å²) >= 11 is 0. The molecule has 0 saturated heterocycles. The SMILES string of the molecule is CC(OC(=O)CCCNC(=O)c1ccco1)c1cccc(F)c1. The van der Waals surface area contributed by atoms with Crippen molar-refractivity contribution in [3.63, 3.8) is 0 Å². The minimum Gasteiger partial charge on any atom is -0.459 e. The van der Waals surface area contributed by atoms with Crippen molar-refractivity contribution in [2.24, 2.45) is 0 Å². The third-order valence-electron chi connectivity index (χ3n) is 3.21. The molecule has 5 nitrogen and oxygen atoms in total. The number of carbonyl (C=O) groups excluding carboxylic acids is 2. The lowest BCUT2D eigenvalue weighted by molar-refractivity contribution is -0.148. The van der Waals surface area contributed by atoms with Gasteiger partial charge in [0.05, 0.1) is 6.26 Å². The first-order valence-corrected chi connectivity index (χ1v) is 7.33. The first-order chi connectivity index (χ1) is 11.1. The van der Waals surface area contributed by atoms with Crippen LogP contribution >= 0.6 is 0 Å². The van der Waals surface area contributed by atoms with Gasteiger partial charge in [-0.3, -0.25) is 9.59 Å². The molecule has 1 N–H and O–H groups in total. The summed E-state index contributed by atoms with van der Waals surface area (Å²) in [6.07, 6.45) is 1.51. The van der Waals surface area contributed by atoms with Crippen LogP contribution in [0.2, 0.25) is 0 Å². The summed E-state index contributed by atoms with van der Waals surface area (Å²) in [6.45, 7) is 2.02. The minimum atomic E-state index is -0.518. The molecule has 0 bridgehead atoms. The number of nitrogens with one attached hydrogen (secondary N) is 1. The summed E-state index contributed by atoms with van der Waals surface area (Å²) in [5.74, 6) is -0.858. The van der Waals surface area contributed by atoms with E-state index in [2.05, 4.69) is 5.32 Å². The highest BCUT2D eigenvalue weighted by atomic mass is 19.1. The second-order valence-electron chi connectivity index (χ2n) is 5.02. The quantitative estimate of drug-likeness (QED) is 0.628. The van der Waals surface area contributed by atoms with Crippen LogP contribution in [0.25, 0.3) is 0 Å². The first-order valence-electron chi connectivity index (χ1n) is 7.33. The lowest BCUT2D eigenvalue weighted by atomic mass is 10.1. The summed E-state index contributed by atoms with van der Waals surface area (Å²) in [6, 6.07) is 9.12. The van der Waals surface area contributed by atoms with Gasteiger partial charge in [-0.2, -0.15) is 0 Å². The number of hydrogen-bond donors (Lipinski definition) is 1. The Labute approximate surface area is 133 Å². The number of furan rings is 1. The largest absolute Gasteiger partial charge is 0.459 e. The van der Waals surface area contributed by atoms with Crippen molar-refractivity contribution < 1.29 is 23.1 Å². The van der Waals surface area contributed by atoms with Crippen molar-refractivity contribution in [1.29, 1.82) is 0 Å². The van der Waals surface area contributed by atoms with E-state index in [4.69, 9.17) is 9.15 Å². The molecular formula is C17H18FNO4. The fraction of sp³-hybridized carbons (Fsp3) is 0.294. The van der Waals surface area contributed by atoms with Crippen LogP contribution in [-0.2, 0) is 9.53 Å². The van der Waals surface area contributed by atoms with Gasteiger partial charge in [0.15, 0.2) is 5.76 Å². The van der Waals surface area contributed by atoms with E-state index in [0.717, 1.165) is 0 Å². The molecule has 0 spiro atoms. The van der Waals surface area contributed by atoms with Gasteiger partial charge in [-0.25, -0.2) is 4.39 Å². The molecule has 23 heavy (non-hydrogen) atoms. The van der Waals surface area contributed by atoms with Crippen molar-refractivity contribution in [3.05, 3.63) is 59.8 Å². The molecule has 6 heteroatoms. The zero-order valence-electron chi connectivity index (χ0n) is 12.8. The predicted octanol–water partition coefficient (Wildman–Crippen LogP) is 3.23. The molecule has 1 atom stereocenters. The van der Waals surface area contributed by atoms with E-state index in [9.17, 15) is 14.0 Å². The fourth-order valence-corrected chi connectivity index (χ4v) is 2.01. The lowest BCUT2D eigenvalue weighted by Gasteiger charge is -2.13. The Balaban J connectivity index is 1.68. The van der Waals surface area contributed by atoms with Crippen LogP contribution < -0.4 is 5.32 Å². The number of halogens is 1. The molecule has 1 heterocycles. The molecule has 1 amide bonds. The van der Waals surface area contributed by atoms with Gasteiger partial charge in [0.25, 0.3) is 5.91 Å². The monoisotopic (exact) mass is 319 g/mol. The van der Waals surface area contributed by atoms with E-state index < -0.39 is 12.1 Å². The van der Waals surface area contributed by atoms with Gasteiger partial charge in [-0.15, -0.1) is 0 Å². The molecule has 0 aliphatic rings. The average Bonchev–Trinajstić information content (AvgIpc) is 3.06. The average molecular weight is 319 g/mol. The number of hydrogen-bond acceptors (Lipinski definition) is 4. The van der Waals surface area contributed by atoms with E-state index in [-0.39, 0.29) is 23.9 Å². The van der Waals surface area contributed by atoms with Crippen LogP contribution in [0.1, 0.15) is 42.0 Å². The van der Waals surface area contributed by atoms with E-state index >= 15 is 0 Å². The van der Waals surface area contributed by atoms with Gasteiger partial charge in [-0.05, 0) is 43.2 Å². The van der Waals surface area contributed by atoms with E-state index in [1.165, 1.54) is 18.4 Å². The van der Waals surface area contributed by atoms with Crippen LogP contribution in [0.3, 0.4) is 0 Å². The number of esters is 1. The van der Waals surface area contributed by atoms with Gasteiger partial charge in [-0.1, -0.05) is 12.1 Å². The Hall–Kier alpha value is -2.63. The van der Waals surface area contributed by atoms with Gasteiger partial charge in [0, 0.05) is 13.0 Å². The van der Waals surface area contributed by atoms with Crippen LogP contribution in [0.15, 0.2) is 47.1 Å². The summed E-state index contributed by atoms with van der Waals surface area (Å²) in [5.41, 5.74) is 0.601. The number of ether oxygens (including phenoxy) is 1. The highest BCUT2D eigenvalue weighted by molar-refractivity contribution is 5.91. The highest BCUT2D eigenvalue weighted by Crippen LogP contribution is 2.18. The maximum Gasteiger partial charge on any atom is 0.306 e. The van der Waals surface area contributed by atoms with Crippen LogP contribution in [0.4, 0.5) is 4.39 Å². The van der Waals surface area contributed by atoms with Crippen LogP contribution in [0.5, 0.6) is 0 Å². The maximum absolute atomic E-state index is 13.1. The second kappa shape index (κ2) is 8.12. The number of benzene rings is 1. The topological polar surface area (TPSA) is 68.5 Å². The van der Waals surface area contributed by atoms with Crippen molar-refractivity contribution in [2.45, 2.75) is 25.9 Å². The maximum atomic E-state index is 13.1. The summed E-state index contributed by atoms with van der Waals surface area (Å²) < 4.78 is 23.3. The molecule has 0 radical (unpaired) electrons. The van der Waals surface area contributed by atoms with Gasteiger partial charge in [0.1, 0.15) is 11.9 Å². The minimum absolute atomic E-state index is 0.165. The standard InChI is InChI=1S/C17H18FNO4/c1-12(13-5-2-6-14(18)11-13)23-16(20)8-3-9-19-17(21)15-7-4-10-22-15/h2,4-7,10-12H,3,8-9H2,1H3,(H,19,21). The summed E-state index contributed by atoms with van der Waals surface area (Å²) in [4.78, 5) is 23.3. The van der Waals surface area contributed by atoms with Crippen LogP contribution in [-0.4, -0.2) is 18.4 Å². The Morgan fingerprint density at radius 3 is 2.83 bits per heavy atom. The van der Waals surface area contributed by atoms with E-state index in [0.29, 0.717) is 18.5 Å². The second-order valence-corrected chi connectivity index (χ2v) is 5.02. The lowest BCUT2D eigenvalue weighted by Crippen LogP contribution is -2.24. The molecule has 1 aromatic carbocycles. The van der Waals surface area contributed by atoms with Gasteiger partial charge >= 0.3 is 5.97 Å². The Morgan fingerprint density at radius 2 is 2.13 bits per heavy atom. The Morgan fingerprint density at radius 1 is 1.30 bits per heavy atom. The molecule has 2 rings (SSSR count). The fourth-order valence-electron chi connectivity index (χ4n) is 2.01. The van der Waals surface area contributed by atoms with Gasteiger partial charge < -0.3 is 14.5 Å². The Kier molecular flexibility index (Phi) is 5.91. The third kappa shape index (κ3) is 5.25. The molecule has 1 unspecified atom stereocenters.